The van der Waals surface area contributed by atoms with Gasteiger partial charge < -0.3 is 9.31 Å². The molecule has 0 amide bonds. The van der Waals surface area contributed by atoms with E-state index in [1.807, 2.05) is 34.6 Å². The third-order valence-corrected chi connectivity index (χ3v) is 6.35. The molecule has 0 bridgehead atoms. The van der Waals surface area contributed by atoms with Crippen molar-refractivity contribution in [1.29, 1.82) is 0 Å². The van der Waals surface area contributed by atoms with Crippen LogP contribution in [0, 0.1) is 0 Å². The lowest BCUT2D eigenvalue weighted by Gasteiger charge is -2.32. The first-order valence-corrected chi connectivity index (χ1v) is 9.43. The summed E-state index contributed by atoms with van der Waals surface area (Å²) in [6.45, 7) is 9.97. The summed E-state index contributed by atoms with van der Waals surface area (Å²) in [7, 11) is -3.65. The molecule has 22 heavy (non-hydrogen) atoms. The van der Waals surface area contributed by atoms with Crippen molar-refractivity contribution in [3.8, 4) is 0 Å². The normalized spacial score (nSPS) is 20.3. The molecule has 0 N–H and O–H groups in total. The highest BCUT2D eigenvalue weighted by Gasteiger charge is 2.51. The topological polar surface area (TPSA) is 52.6 Å². The highest BCUT2D eigenvalue weighted by Crippen LogP contribution is 2.36. The monoisotopic (exact) mass is 324 g/mol. The number of rotatable bonds is 5. The third kappa shape index (κ3) is 3.39. The predicted molar refractivity (Wildman–Crippen MR) is 89.1 cm³/mol. The molecule has 0 aromatic heterocycles. The molecular weight excluding hydrogens is 299 g/mol. The van der Waals surface area contributed by atoms with Crippen molar-refractivity contribution in [2.45, 2.75) is 63.6 Å². The quantitative estimate of drug-likeness (QED) is 0.781. The van der Waals surface area contributed by atoms with Crippen LogP contribution in [0.1, 0.15) is 47.5 Å². The lowest BCUT2D eigenvalue weighted by Crippen LogP contribution is -2.41. The van der Waals surface area contributed by atoms with E-state index < -0.39 is 28.2 Å². The molecule has 0 spiro atoms. The van der Waals surface area contributed by atoms with Crippen molar-refractivity contribution >= 4 is 22.4 Å². The summed E-state index contributed by atoms with van der Waals surface area (Å²) in [4.78, 5) is 0.362. The number of hydrogen-bond acceptors (Lipinski definition) is 4. The van der Waals surface area contributed by atoms with Gasteiger partial charge in [-0.25, -0.2) is 8.42 Å². The van der Waals surface area contributed by atoms with Gasteiger partial charge in [0.05, 0.1) is 21.9 Å². The van der Waals surface area contributed by atoms with Crippen LogP contribution in [0.3, 0.4) is 0 Å². The molecule has 0 aliphatic carbocycles. The molecule has 122 valence electrons. The highest BCUT2D eigenvalue weighted by molar-refractivity contribution is 7.91. The largest absolute Gasteiger partial charge is 0.494 e. The van der Waals surface area contributed by atoms with Crippen LogP contribution < -0.4 is 5.46 Å². The van der Waals surface area contributed by atoms with Crippen LogP contribution in [0.25, 0.3) is 0 Å². The Morgan fingerprint density at radius 1 is 1.00 bits per heavy atom. The number of sulfone groups is 1. The van der Waals surface area contributed by atoms with Gasteiger partial charge in [-0.15, -0.1) is 0 Å². The second-order valence-electron chi connectivity index (χ2n) is 6.83. The maximum absolute atomic E-state index is 12.2. The summed E-state index contributed by atoms with van der Waals surface area (Å²) < 4.78 is 36.3. The average molecular weight is 324 g/mol. The summed E-state index contributed by atoms with van der Waals surface area (Å²) in [6, 6.07) is 6.85. The van der Waals surface area contributed by atoms with Crippen LogP contribution in [0.2, 0.25) is 0 Å². The Kier molecular flexibility index (Phi) is 4.76. The van der Waals surface area contributed by atoms with Crippen LogP contribution in [-0.4, -0.2) is 32.5 Å². The van der Waals surface area contributed by atoms with E-state index in [-0.39, 0.29) is 5.75 Å². The summed E-state index contributed by atoms with van der Waals surface area (Å²) in [5.41, 5.74) is 0.0423. The molecule has 0 saturated carbocycles. The van der Waals surface area contributed by atoms with Crippen molar-refractivity contribution in [1.82, 2.24) is 0 Å². The molecule has 2 rings (SSSR count). The minimum atomic E-state index is -3.19. The van der Waals surface area contributed by atoms with Crippen molar-refractivity contribution in [3.05, 3.63) is 24.3 Å². The summed E-state index contributed by atoms with van der Waals surface area (Å²) in [6.07, 6.45) is 1.55. The Morgan fingerprint density at radius 2 is 1.50 bits per heavy atom. The third-order valence-electron chi connectivity index (χ3n) is 4.53. The summed E-state index contributed by atoms with van der Waals surface area (Å²) in [5.74, 6) is 0.194. The van der Waals surface area contributed by atoms with Crippen molar-refractivity contribution < 1.29 is 17.7 Å². The van der Waals surface area contributed by atoms with E-state index in [1.165, 1.54) is 0 Å². The van der Waals surface area contributed by atoms with Gasteiger partial charge in [0.25, 0.3) is 0 Å². The van der Waals surface area contributed by atoms with Gasteiger partial charge in [-0.05, 0) is 51.7 Å². The average Bonchev–Trinajstić information content (AvgIpc) is 2.65. The van der Waals surface area contributed by atoms with Gasteiger partial charge in [-0.3, -0.25) is 0 Å². The van der Waals surface area contributed by atoms with Crippen LogP contribution in [0.4, 0.5) is 0 Å². The molecule has 6 heteroatoms. The Hall–Kier alpha value is -0.845. The van der Waals surface area contributed by atoms with E-state index >= 15 is 0 Å². The van der Waals surface area contributed by atoms with Gasteiger partial charge in [0.15, 0.2) is 9.84 Å². The molecule has 1 aromatic rings. The zero-order valence-electron chi connectivity index (χ0n) is 14.0. The van der Waals surface area contributed by atoms with E-state index in [0.29, 0.717) is 11.3 Å². The molecule has 1 saturated heterocycles. The molecular formula is C16H25BO4S. The lowest BCUT2D eigenvalue weighted by atomic mass is 9.79. The molecule has 1 fully saturated rings. The molecule has 1 heterocycles. The first kappa shape index (κ1) is 17.5. The van der Waals surface area contributed by atoms with Gasteiger partial charge in [0.2, 0.25) is 0 Å². The smallest absolute Gasteiger partial charge is 0.399 e. The molecule has 0 unspecified atom stereocenters. The Bertz CT molecular complexity index is 604. The Labute approximate surface area is 134 Å². The summed E-state index contributed by atoms with van der Waals surface area (Å²) >= 11 is 0. The molecule has 0 atom stereocenters. The zero-order valence-corrected chi connectivity index (χ0v) is 14.9. The van der Waals surface area contributed by atoms with Gasteiger partial charge in [-0.1, -0.05) is 25.5 Å². The Balaban J connectivity index is 2.17. The number of unbranched alkanes of at least 4 members (excludes halogenated alkanes) is 1. The summed E-state index contributed by atoms with van der Waals surface area (Å²) in [5, 5.41) is 0. The lowest BCUT2D eigenvalue weighted by molar-refractivity contribution is 0.00578. The van der Waals surface area contributed by atoms with E-state index in [1.54, 1.807) is 24.3 Å². The van der Waals surface area contributed by atoms with E-state index in [2.05, 4.69) is 0 Å². The maximum Gasteiger partial charge on any atom is 0.494 e. The number of hydrogen-bond donors (Lipinski definition) is 0. The molecule has 4 nitrogen and oxygen atoms in total. The van der Waals surface area contributed by atoms with Crippen LogP contribution >= 0.6 is 0 Å². The SMILES string of the molecule is CCCCS(=O)(=O)c1ccc(B2OC(C)(C)C(C)(C)O2)cc1. The first-order valence-electron chi connectivity index (χ1n) is 7.77. The second kappa shape index (κ2) is 5.98. The minimum Gasteiger partial charge on any atom is -0.399 e. The molecule has 1 aromatic carbocycles. The predicted octanol–water partition coefficient (Wildman–Crippen LogP) is 2.56. The van der Waals surface area contributed by atoms with Crippen LogP contribution in [0.5, 0.6) is 0 Å². The number of benzene rings is 1. The van der Waals surface area contributed by atoms with Gasteiger partial charge in [0.1, 0.15) is 0 Å². The molecule has 1 aliphatic rings. The van der Waals surface area contributed by atoms with Crippen molar-refractivity contribution in [3.63, 3.8) is 0 Å². The fourth-order valence-corrected chi connectivity index (χ4v) is 3.72. The fourth-order valence-electron chi connectivity index (χ4n) is 2.26. The molecule has 1 aliphatic heterocycles. The van der Waals surface area contributed by atoms with E-state index in [9.17, 15) is 8.42 Å². The highest BCUT2D eigenvalue weighted by atomic mass is 32.2. The van der Waals surface area contributed by atoms with Gasteiger partial charge >= 0.3 is 7.12 Å². The molecule has 0 radical (unpaired) electrons. The maximum atomic E-state index is 12.2. The van der Waals surface area contributed by atoms with Crippen molar-refractivity contribution in [2.75, 3.05) is 5.75 Å². The minimum absolute atomic E-state index is 0.194. The zero-order chi connectivity index (χ0) is 16.6. The van der Waals surface area contributed by atoms with Gasteiger partial charge in [-0.2, -0.15) is 0 Å². The van der Waals surface area contributed by atoms with E-state index in [0.717, 1.165) is 11.9 Å². The standard InChI is InChI=1S/C16H25BO4S/c1-6-7-12-22(18,19)14-10-8-13(9-11-14)17-20-15(2,3)16(4,5)21-17/h8-11H,6-7,12H2,1-5H3. The Morgan fingerprint density at radius 3 is 1.95 bits per heavy atom. The van der Waals surface area contributed by atoms with Gasteiger partial charge in [0, 0.05) is 0 Å². The second-order valence-corrected chi connectivity index (χ2v) is 8.94. The van der Waals surface area contributed by atoms with Crippen LogP contribution in [0.15, 0.2) is 29.2 Å². The van der Waals surface area contributed by atoms with Crippen molar-refractivity contribution in [2.24, 2.45) is 0 Å². The van der Waals surface area contributed by atoms with Crippen LogP contribution in [-0.2, 0) is 19.1 Å². The van der Waals surface area contributed by atoms with E-state index in [4.69, 9.17) is 9.31 Å². The fraction of sp³-hybridized carbons (Fsp3) is 0.625. The first-order chi connectivity index (χ1) is 10.1.